The highest BCUT2D eigenvalue weighted by Gasteiger charge is 2.19. The summed E-state index contributed by atoms with van der Waals surface area (Å²) in [6, 6.07) is 0. The number of carbonyl (C=O) groups excluding carboxylic acids is 3. The predicted octanol–water partition coefficient (Wildman–Crippen LogP) is 16.2. The molecule has 0 aliphatic heterocycles. The number of hydrogen-bond donors (Lipinski definition) is 0. The van der Waals surface area contributed by atoms with E-state index < -0.39 is 18.0 Å². The molecule has 0 bridgehead atoms. The van der Waals surface area contributed by atoms with Crippen LogP contribution in [0.3, 0.4) is 0 Å². The van der Waals surface area contributed by atoms with Crippen molar-refractivity contribution in [2.24, 2.45) is 0 Å². The van der Waals surface area contributed by atoms with Gasteiger partial charge in [-0.1, -0.05) is 216 Å². The standard InChI is InChI=1S/C59H84O6/c1-4-7-10-13-16-19-22-25-27-28-29-30-32-34-37-40-43-46-49-52-58(61)64-55-56(54-63-57(60)51-48-45-42-39-36-33-24-21-18-15-12-9-6-3)65-59(62)53-50-47-44-41-38-35-31-26-23-20-17-14-11-8-5-2/h7-12,14-21,23-27,29-31,33-38,43,46,56H,4-6,13,22,28,32,39-42,44-45,47-55H2,1-3H3/b10-7-,11-8-,12-9-,17-14-,18-15-,19-16-,23-20-,24-21-,27-25-,30-29-,31-26-,36-33-,37-34-,38-35-,46-43-. The minimum atomic E-state index is -0.857. The Morgan fingerprint density at radius 3 is 1.08 bits per heavy atom. The highest BCUT2D eigenvalue weighted by Crippen LogP contribution is 2.10. The first kappa shape index (κ1) is 59.5. The van der Waals surface area contributed by atoms with Gasteiger partial charge >= 0.3 is 17.9 Å². The van der Waals surface area contributed by atoms with E-state index in [0.717, 1.165) is 89.9 Å². The van der Waals surface area contributed by atoms with E-state index in [-0.39, 0.29) is 38.4 Å². The molecule has 0 aliphatic carbocycles. The predicted molar refractivity (Wildman–Crippen MR) is 278 cm³/mol. The highest BCUT2D eigenvalue weighted by atomic mass is 16.6. The molecule has 0 aliphatic rings. The molecule has 0 aromatic carbocycles. The Labute approximate surface area is 395 Å². The van der Waals surface area contributed by atoms with Crippen LogP contribution in [0.15, 0.2) is 182 Å². The third-order valence-corrected chi connectivity index (χ3v) is 9.12. The van der Waals surface area contributed by atoms with Gasteiger partial charge in [-0.05, 0) is 96.3 Å². The molecule has 1 unspecified atom stereocenters. The third-order valence-electron chi connectivity index (χ3n) is 9.12. The number of carbonyl (C=O) groups is 3. The Morgan fingerprint density at radius 1 is 0.323 bits per heavy atom. The lowest BCUT2D eigenvalue weighted by Gasteiger charge is -2.18. The van der Waals surface area contributed by atoms with Crippen LogP contribution in [0.25, 0.3) is 0 Å². The summed E-state index contributed by atoms with van der Waals surface area (Å²) < 4.78 is 16.6. The van der Waals surface area contributed by atoms with Gasteiger partial charge in [-0.25, -0.2) is 0 Å². The zero-order chi connectivity index (χ0) is 47.2. The molecule has 0 heterocycles. The van der Waals surface area contributed by atoms with Crippen LogP contribution in [0, 0.1) is 0 Å². The van der Waals surface area contributed by atoms with E-state index >= 15 is 0 Å². The van der Waals surface area contributed by atoms with Crippen molar-refractivity contribution in [1.82, 2.24) is 0 Å². The van der Waals surface area contributed by atoms with Gasteiger partial charge in [-0.3, -0.25) is 14.4 Å². The lowest BCUT2D eigenvalue weighted by molar-refractivity contribution is -0.166. The number of allylic oxidation sites excluding steroid dienone is 30. The normalized spacial score (nSPS) is 13.7. The SMILES string of the molecule is CC\C=C/C=C\C=C/C=C\C=C/CCCCCC(=O)OC(COC(=O)CC/C=C\C/C=C\C/C=C\C/C=C\C/C=C\C/C=C\CC)COC(=O)CCCCC\C=C/C=C\C=C/C=C\CC. The molecule has 1 atom stereocenters. The van der Waals surface area contributed by atoms with Crippen molar-refractivity contribution in [3.8, 4) is 0 Å². The molecule has 0 fully saturated rings. The second-order valence-electron chi connectivity index (χ2n) is 15.1. The van der Waals surface area contributed by atoms with Crippen LogP contribution < -0.4 is 0 Å². The van der Waals surface area contributed by atoms with Crippen LogP contribution >= 0.6 is 0 Å². The summed E-state index contributed by atoms with van der Waals surface area (Å²) in [5, 5.41) is 0. The maximum absolute atomic E-state index is 12.8. The Kier molecular flexibility index (Phi) is 46.8. The molecule has 356 valence electrons. The topological polar surface area (TPSA) is 78.9 Å². The van der Waals surface area contributed by atoms with Gasteiger partial charge in [-0.15, -0.1) is 0 Å². The fraction of sp³-hybridized carbons (Fsp3) is 0.441. The Balaban J connectivity index is 4.69. The zero-order valence-electron chi connectivity index (χ0n) is 40.4. The number of ether oxygens (including phenoxy) is 3. The molecule has 0 aromatic rings. The van der Waals surface area contributed by atoms with E-state index in [2.05, 4.69) is 106 Å². The fourth-order valence-corrected chi connectivity index (χ4v) is 5.55. The van der Waals surface area contributed by atoms with Crippen molar-refractivity contribution in [3.63, 3.8) is 0 Å². The third kappa shape index (κ3) is 49.4. The maximum Gasteiger partial charge on any atom is 0.306 e. The average Bonchev–Trinajstić information content (AvgIpc) is 3.30. The first-order chi connectivity index (χ1) is 32.0. The van der Waals surface area contributed by atoms with Gasteiger partial charge in [0.2, 0.25) is 0 Å². The van der Waals surface area contributed by atoms with Crippen LogP contribution in [0.5, 0.6) is 0 Å². The first-order valence-electron chi connectivity index (χ1n) is 24.4. The van der Waals surface area contributed by atoms with Gasteiger partial charge in [0, 0.05) is 19.3 Å². The van der Waals surface area contributed by atoms with Crippen LogP contribution in [0.4, 0.5) is 0 Å². The molecule has 0 saturated heterocycles. The number of rotatable bonds is 40. The average molecular weight is 889 g/mol. The van der Waals surface area contributed by atoms with Gasteiger partial charge < -0.3 is 14.2 Å². The molecule has 0 N–H and O–H groups in total. The van der Waals surface area contributed by atoms with Gasteiger partial charge in [0.1, 0.15) is 13.2 Å². The lowest BCUT2D eigenvalue weighted by atomic mass is 10.1. The van der Waals surface area contributed by atoms with Crippen molar-refractivity contribution in [1.29, 1.82) is 0 Å². The van der Waals surface area contributed by atoms with E-state index in [4.69, 9.17) is 14.2 Å². The van der Waals surface area contributed by atoms with Gasteiger partial charge in [0.15, 0.2) is 6.10 Å². The minimum Gasteiger partial charge on any atom is -0.462 e. The highest BCUT2D eigenvalue weighted by molar-refractivity contribution is 5.71. The van der Waals surface area contributed by atoms with Crippen molar-refractivity contribution >= 4 is 17.9 Å². The molecule has 0 rings (SSSR count). The van der Waals surface area contributed by atoms with Crippen molar-refractivity contribution < 1.29 is 28.6 Å². The smallest absolute Gasteiger partial charge is 0.306 e. The van der Waals surface area contributed by atoms with Crippen LogP contribution in [0.1, 0.15) is 149 Å². The number of unbranched alkanes of at least 4 members (excludes halogenated alkanes) is 6. The summed E-state index contributed by atoms with van der Waals surface area (Å²) in [5.41, 5.74) is 0. The van der Waals surface area contributed by atoms with Crippen LogP contribution in [-0.2, 0) is 28.6 Å². The molecule has 0 amide bonds. The molecule has 6 nitrogen and oxygen atoms in total. The molecule has 0 aromatic heterocycles. The molecule has 0 spiro atoms. The zero-order valence-corrected chi connectivity index (χ0v) is 40.4. The van der Waals surface area contributed by atoms with Gasteiger partial charge in [0.05, 0.1) is 0 Å². The van der Waals surface area contributed by atoms with Crippen molar-refractivity contribution in [2.45, 2.75) is 155 Å². The van der Waals surface area contributed by atoms with Crippen LogP contribution in [0.2, 0.25) is 0 Å². The monoisotopic (exact) mass is 889 g/mol. The molecule has 6 heteroatoms. The largest absolute Gasteiger partial charge is 0.462 e. The quantitative estimate of drug-likeness (QED) is 0.0200. The summed E-state index contributed by atoms with van der Waals surface area (Å²) in [7, 11) is 0. The van der Waals surface area contributed by atoms with Crippen molar-refractivity contribution in [2.75, 3.05) is 13.2 Å². The van der Waals surface area contributed by atoms with Crippen LogP contribution in [-0.4, -0.2) is 37.2 Å². The molecule has 0 radical (unpaired) electrons. The van der Waals surface area contributed by atoms with Gasteiger partial charge in [-0.2, -0.15) is 0 Å². The fourth-order valence-electron chi connectivity index (χ4n) is 5.55. The summed E-state index contributed by atoms with van der Waals surface area (Å²) in [6.45, 7) is 6.05. The Bertz CT molecular complexity index is 1630. The van der Waals surface area contributed by atoms with E-state index in [1.165, 1.54) is 0 Å². The number of hydrogen-bond acceptors (Lipinski definition) is 6. The van der Waals surface area contributed by atoms with E-state index in [0.29, 0.717) is 19.3 Å². The minimum absolute atomic E-state index is 0.150. The summed E-state index contributed by atoms with van der Waals surface area (Å²) in [6.07, 6.45) is 77.4. The molecular weight excluding hydrogens is 805 g/mol. The second kappa shape index (κ2) is 51.1. The lowest BCUT2D eigenvalue weighted by Crippen LogP contribution is -2.30. The number of esters is 3. The molecule has 65 heavy (non-hydrogen) atoms. The Morgan fingerprint density at radius 2 is 0.662 bits per heavy atom. The van der Waals surface area contributed by atoms with E-state index in [9.17, 15) is 14.4 Å². The molecule has 0 saturated carbocycles. The summed E-state index contributed by atoms with van der Waals surface area (Å²) in [4.78, 5) is 37.9. The van der Waals surface area contributed by atoms with E-state index in [1.54, 1.807) is 0 Å². The maximum atomic E-state index is 12.8. The Hall–Kier alpha value is -5.49. The molecular formula is C59H84O6. The summed E-state index contributed by atoms with van der Waals surface area (Å²) in [5.74, 6) is -1.14. The van der Waals surface area contributed by atoms with Gasteiger partial charge in [0.25, 0.3) is 0 Å². The van der Waals surface area contributed by atoms with Crippen molar-refractivity contribution in [3.05, 3.63) is 182 Å². The first-order valence-corrected chi connectivity index (χ1v) is 24.4. The summed E-state index contributed by atoms with van der Waals surface area (Å²) >= 11 is 0. The second-order valence-corrected chi connectivity index (χ2v) is 15.1. The van der Waals surface area contributed by atoms with E-state index in [1.807, 2.05) is 97.2 Å².